The fraction of sp³-hybridized carbons (Fsp3) is 0.467. The highest BCUT2D eigenvalue weighted by molar-refractivity contribution is 7.94. The minimum atomic E-state index is -4.31. The number of fused-ring (bicyclic) bond motifs is 3. The molecule has 1 aromatic heterocycles. The summed E-state index contributed by atoms with van der Waals surface area (Å²) in [4.78, 5) is 66.1. The Morgan fingerprint density at radius 1 is 0.819 bits per heavy atom. The number of hydrogen-bond acceptors (Lipinski definition) is 12. The molecule has 3 aromatic carbocycles. The number of hydrogen-bond donors (Lipinski definition) is 5. The first-order valence-electron chi connectivity index (χ1n) is 28.9. The summed E-state index contributed by atoms with van der Waals surface area (Å²) in [6.45, 7) is 0.981. The van der Waals surface area contributed by atoms with Crippen molar-refractivity contribution in [2.45, 2.75) is 123 Å². The van der Waals surface area contributed by atoms with Crippen molar-refractivity contribution in [2.75, 3.05) is 60.2 Å². The minimum Gasteiger partial charge on any atom is -0.691 e. The molecule has 3 aliphatic heterocycles. The number of quaternary nitrogens is 1. The van der Waals surface area contributed by atoms with E-state index < -0.39 is 37.9 Å². The molecule has 0 fully saturated rings. The summed E-state index contributed by atoms with van der Waals surface area (Å²) in [6.07, 6.45) is 11.3. The second-order valence-corrected chi connectivity index (χ2v) is 23.1. The summed E-state index contributed by atoms with van der Waals surface area (Å²) in [5.41, 5.74) is 8.02. The van der Waals surface area contributed by atoms with Crippen molar-refractivity contribution in [3.05, 3.63) is 134 Å². The number of unbranched alkanes of at least 4 members (excludes halogenated alkanes) is 2. The molecule has 5 N–H and O–H groups in total. The van der Waals surface area contributed by atoms with Crippen LogP contribution in [-0.2, 0) is 60.7 Å². The molecule has 0 saturated carbocycles. The summed E-state index contributed by atoms with van der Waals surface area (Å²) in [5.74, 6) is -1.55. The molecule has 18 nitrogen and oxygen atoms in total. The molecule has 0 aliphatic carbocycles. The SMILES string of the molecule is CCCC1=CC(CCC(=O)NC(CSOO[O-])C(=O)NCCCCC(=O)NCCNC(=O)c2cc(CCCCc3ccc(C(=O)c4ccccc4)cc3)c(OC)c3c2COB3O)=[N+]2C1=Cc1c(CCC)cc(CCC[N+](C)(C)C)n1[B-]2(F)F. The van der Waals surface area contributed by atoms with Crippen molar-refractivity contribution in [2.24, 2.45) is 0 Å². The zero-order valence-electron chi connectivity index (χ0n) is 48.6. The van der Waals surface area contributed by atoms with Gasteiger partial charge >= 0.3 is 14.1 Å². The molecule has 4 heterocycles. The van der Waals surface area contributed by atoms with Crippen molar-refractivity contribution in [3.63, 3.8) is 0 Å². The number of halogens is 2. The van der Waals surface area contributed by atoms with Crippen molar-refractivity contribution in [1.82, 2.24) is 25.7 Å². The maximum Gasteiger partial charge on any atom is 0.737 e. The molecule has 0 saturated heterocycles. The number of benzene rings is 3. The van der Waals surface area contributed by atoms with Gasteiger partial charge in [-0.05, 0) is 97.9 Å². The average molecular weight is 1170 g/mol. The molecular formula is C60H79B2F2N7O11S. The van der Waals surface area contributed by atoms with Crippen LogP contribution in [0.5, 0.6) is 5.75 Å². The average Bonchev–Trinajstić information content (AvgIpc) is 1.85. The molecule has 0 bridgehead atoms. The molecule has 1 atom stereocenters. The lowest BCUT2D eigenvalue weighted by Gasteiger charge is -2.32. The predicted octanol–water partition coefficient (Wildman–Crippen LogP) is 5.84. The Morgan fingerprint density at radius 2 is 1.54 bits per heavy atom. The summed E-state index contributed by atoms with van der Waals surface area (Å²) in [6, 6.07) is 19.3. The summed E-state index contributed by atoms with van der Waals surface area (Å²) in [7, 11) is 6.50. The third-order valence-electron chi connectivity index (χ3n) is 15.1. The van der Waals surface area contributed by atoms with Crippen LogP contribution in [0.1, 0.15) is 144 Å². The van der Waals surface area contributed by atoms with E-state index in [0.717, 1.165) is 76.3 Å². The molecule has 4 amide bonds. The Morgan fingerprint density at radius 3 is 2.25 bits per heavy atom. The van der Waals surface area contributed by atoms with Gasteiger partial charge in [0, 0.05) is 103 Å². The second kappa shape index (κ2) is 30.4. The topological polar surface area (TPSA) is 222 Å². The van der Waals surface area contributed by atoms with Gasteiger partial charge in [0.25, 0.3) is 5.91 Å². The number of ketones is 1. The molecule has 3 aliphatic rings. The maximum atomic E-state index is 17.1. The second-order valence-electron chi connectivity index (χ2n) is 22.3. The van der Waals surface area contributed by atoms with Crippen LogP contribution in [0.15, 0.2) is 84.1 Å². The number of aryl methyl sites for hydroxylation is 4. The van der Waals surface area contributed by atoms with Gasteiger partial charge in [-0.25, -0.2) is 0 Å². The van der Waals surface area contributed by atoms with Crippen LogP contribution in [0.3, 0.4) is 0 Å². The van der Waals surface area contributed by atoms with E-state index >= 15 is 8.63 Å². The van der Waals surface area contributed by atoms with Crippen molar-refractivity contribution >= 4 is 72.8 Å². The van der Waals surface area contributed by atoms with Crippen molar-refractivity contribution < 1.29 is 70.6 Å². The van der Waals surface area contributed by atoms with E-state index in [4.69, 9.17) is 9.39 Å². The number of aromatic nitrogens is 1. The quantitative estimate of drug-likeness (QED) is 0.00709. The van der Waals surface area contributed by atoms with Crippen LogP contribution in [0.4, 0.5) is 8.63 Å². The predicted molar refractivity (Wildman–Crippen MR) is 316 cm³/mol. The smallest absolute Gasteiger partial charge is 0.691 e. The number of carbonyl (C=O) groups excluding carboxylic acids is 5. The highest BCUT2D eigenvalue weighted by Crippen LogP contribution is 2.40. The molecule has 4 aromatic rings. The largest absolute Gasteiger partial charge is 0.737 e. The van der Waals surface area contributed by atoms with E-state index in [1.54, 1.807) is 24.3 Å². The number of allylic oxidation sites excluding steroid dienone is 2. The standard InChI is InChI=1S/C60H79B2F2N7O11S/c1-7-17-44-35-47(23-16-34-71(3,4)5)69-52(44)38-53-45(18-8-2)36-48(70(53)62(69,63)64)29-30-55(73)68-51(40-83-82-81-78)60(76)66-31-15-14-24-54(72)65-32-33-67-59(75)49-37-46(58(79-6)56-50(49)39-80-61(56)77)22-13-12-19-41-25-27-43(28-26-41)57(74)42-20-10-9-11-21-42/h9-11,20-21,25-28,35-38,51,77H,7-8,12-19,22-24,29-34,39-40H2,1-6H3,(H4-,65,66,67,68,72,73,75,76,78). The third kappa shape index (κ3) is 16.9. The van der Waals surface area contributed by atoms with Crippen LogP contribution in [0.2, 0.25) is 0 Å². The molecule has 23 heteroatoms. The molecule has 446 valence electrons. The Kier molecular flexibility index (Phi) is 23.5. The number of ether oxygens (including phenoxy) is 1. The molecule has 1 unspecified atom stereocenters. The van der Waals surface area contributed by atoms with E-state index in [-0.39, 0.29) is 62.9 Å². The monoisotopic (exact) mass is 1170 g/mol. The highest BCUT2D eigenvalue weighted by atomic mass is 32.2. The highest BCUT2D eigenvalue weighted by Gasteiger charge is 2.54. The van der Waals surface area contributed by atoms with Crippen LogP contribution in [0.25, 0.3) is 6.08 Å². The van der Waals surface area contributed by atoms with Crippen LogP contribution in [0, 0.1) is 0 Å². The van der Waals surface area contributed by atoms with Gasteiger partial charge in [-0.2, -0.15) is 4.33 Å². The number of methoxy groups -OCH3 is 1. The number of rotatable bonds is 34. The van der Waals surface area contributed by atoms with Crippen molar-refractivity contribution in [3.8, 4) is 5.75 Å². The minimum absolute atomic E-state index is 0.0196. The summed E-state index contributed by atoms with van der Waals surface area (Å²) >= 11 is 0.522. The maximum absolute atomic E-state index is 17.1. The van der Waals surface area contributed by atoms with Gasteiger partial charge in [0.05, 0.1) is 47.2 Å². The zero-order chi connectivity index (χ0) is 59.7. The zero-order valence-corrected chi connectivity index (χ0v) is 49.4. The van der Waals surface area contributed by atoms with Gasteiger partial charge in [-0.1, -0.05) is 81.3 Å². The fourth-order valence-electron chi connectivity index (χ4n) is 11.1. The van der Waals surface area contributed by atoms with Gasteiger partial charge in [-0.15, -0.1) is 0 Å². The first-order valence-corrected chi connectivity index (χ1v) is 29.8. The lowest BCUT2D eigenvalue weighted by molar-refractivity contribution is -0.870. The van der Waals surface area contributed by atoms with Crippen LogP contribution < -0.4 is 36.7 Å². The van der Waals surface area contributed by atoms with Crippen LogP contribution >= 0.6 is 12.0 Å². The van der Waals surface area contributed by atoms with E-state index in [1.165, 1.54) is 11.6 Å². The number of amides is 4. The van der Waals surface area contributed by atoms with Gasteiger partial charge in [0.1, 0.15) is 17.5 Å². The Hall–Kier alpha value is -6.46. The molecular weight excluding hydrogens is 1090 g/mol. The number of carbonyl (C=O) groups is 5. The lowest BCUT2D eigenvalue weighted by Crippen LogP contribution is -2.51. The molecule has 83 heavy (non-hydrogen) atoms. The van der Waals surface area contributed by atoms with E-state index in [2.05, 4.69) is 51.8 Å². The Balaban J connectivity index is 0.854. The number of nitrogens with zero attached hydrogens (tertiary/aromatic N) is 3. The summed E-state index contributed by atoms with van der Waals surface area (Å²) < 4.78 is 53.1. The summed E-state index contributed by atoms with van der Waals surface area (Å²) in [5, 5.41) is 35.9. The normalized spacial score (nSPS) is 14.6. The fourth-order valence-corrected chi connectivity index (χ4v) is 11.5. The number of nitrogens with one attached hydrogen (secondary N) is 4. The molecule has 7 rings (SSSR count). The van der Waals surface area contributed by atoms with Crippen molar-refractivity contribution in [1.29, 1.82) is 0 Å². The Bertz CT molecular complexity index is 3040. The first-order chi connectivity index (χ1) is 39.9. The van der Waals surface area contributed by atoms with E-state index in [1.807, 2.05) is 68.5 Å². The van der Waals surface area contributed by atoms with Gasteiger partial charge in [0.2, 0.25) is 17.7 Å². The molecule has 0 spiro atoms. The van der Waals surface area contributed by atoms with E-state index in [0.29, 0.717) is 107 Å². The first kappa shape index (κ1) is 64.1. The van der Waals surface area contributed by atoms with E-state index in [9.17, 15) is 34.3 Å². The van der Waals surface area contributed by atoms with Gasteiger partial charge in [-0.3, -0.25) is 29.0 Å². The Labute approximate surface area is 490 Å². The van der Waals surface area contributed by atoms with Crippen LogP contribution in [-0.4, -0.2) is 134 Å². The van der Waals surface area contributed by atoms with Gasteiger partial charge < -0.3 is 63.0 Å². The lowest BCUT2D eigenvalue weighted by atomic mass is 9.75. The third-order valence-corrected chi connectivity index (χ3v) is 15.7. The molecule has 0 radical (unpaired) electrons. The van der Waals surface area contributed by atoms with Gasteiger partial charge in [0.15, 0.2) is 11.5 Å².